The Morgan fingerprint density at radius 1 is 1.15 bits per heavy atom. The number of thiazole rings is 1. The lowest BCUT2D eigenvalue weighted by Gasteiger charge is -2.08. The van der Waals surface area contributed by atoms with Crippen molar-refractivity contribution in [1.82, 2.24) is 4.98 Å². The van der Waals surface area contributed by atoms with Gasteiger partial charge in [0.25, 0.3) is 0 Å². The Morgan fingerprint density at radius 3 is 2.69 bits per heavy atom. The van der Waals surface area contributed by atoms with Crippen LogP contribution in [0.1, 0.15) is 11.1 Å². The van der Waals surface area contributed by atoms with Gasteiger partial charge in [-0.15, -0.1) is 11.3 Å². The number of anilines is 1. The molecule has 0 aliphatic heterocycles. The number of hydrogen-bond acceptors (Lipinski definition) is 5. The number of carbonyl (C=O) groups excluding carboxylic acids is 1. The third kappa shape index (κ3) is 4.03. The van der Waals surface area contributed by atoms with E-state index in [4.69, 9.17) is 9.47 Å². The fourth-order valence-electron chi connectivity index (χ4n) is 2.61. The molecule has 0 saturated heterocycles. The van der Waals surface area contributed by atoms with Crippen molar-refractivity contribution in [2.24, 2.45) is 0 Å². The van der Waals surface area contributed by atoms with Crippen molar-refractivity contribution in [2.45, 2.75) is 13.3 Å². The Balaban J connectivity index is 1.74. The van der Waals surface area contributed by atoms with E-state index in [1.165, 1.54) is 11.3 Å². The maximum atomic E-state index is 12.3. The second-order valence-electron chi connectivity index (χ2n) is 5.76. The van der Waals surface area contributed by atoms with Gasteiger partial charge >= 0.3 is 0 Å². The fourth-order valence-corrected chi connectivity index (χ4v) is 3.34. The molecule has 0 fully saturated rings. The minimum Gasteiger partial charge on any atom is -0.497 e. The zero-order chi connectivity index (χ0) is 18.5. The van der Waals surface area contributed by atoms with Crippen LogP contribution in [0, 0.1) is 6.92 Å². The molecule has 1 amide bonds. The van der Waals surface area contributed by atoms with Crippen LogP contribution in [-0.4, -0.2) is 25.1 Å². The number of carbonyl (C=O) groups is 1. The molecule has 3 rings (SSSR count). The summed E-state index contributed by atoms with van der Waals surface area (Å²) in [6, 6.07) is 13.4. The SMILES string of the molecule is COc1ccc(-c2csc(NC(=O)Cc3ccccc3C)n2)c(OC)c1. The number of hydrogen-bond donors (Lipinski definition) is 1. The van der Waals surface area contributed by atoms with Crippen molar-refractivity contribution in [3.63, 3.8) is 0 Å². The average molecular weight is 368 g/mol. The van der Waals surface area contributed by atoms with Crippen molar-refractivity contribution in [3.05, 3.63) is 59.0 Å². The second-order valence-corrected chi connectivity index (χ2v) is 6.61. The van der Waals surface area contributed by atoms with E-state index in [9.17, 15) is 4.79 Å². The molecule has 1 aromatic heterocycles. The quantitative estimate of drug-likeness (QED) is 0.704. The molecule has 2 aromatic carbocycles. The highest BCUT2D eigenvalue weighted by Crippen LogP contribution is 2.34. The number of nitrogens with one attached hydrogen (secondary N) is 1. The van der Waals surface area contributed by atoms with Gasteiger partial charge in [-0.3, -0.25) is 4.79 Å². The molecular weight excluding hydrogens is 348 g/mol. The van der Waals surface area contributed by atoms with Crippen molar-refractivity contribution in [1.29, 1.82) is 0 Å². The van der Waals surface area contributed by atoms with E-state index >= 15 is 0 Å². The van der Waals surface area contributed by atoms with Crippen molar-refractivity contribution in [2.75, 3.05) is 19.5 Å². The van der Waals surface area contributed by atoms with Crippen molar-refractivity contribution < 1.29 is 14.3 Å². The van der Waals surface area contributed by atoms with E-state index in [-0.39, 0.29) is 5.91 Å². The van der Waals surface area contributed by atoms with Gasteiger partial charge < -0.3 is 14.8 Å². The monoisotopic (exact) mass is 368 g/mol. The van der Waals surface area contributed by atoms with Crippen molar-refractivity contribution in [3.8, 4) is 22.8 Å². The number of benzene rings is 2. The van der Waals surface area contributed by atoms with E-state index in [1.807, 2.05) is 54.8 Å². The highest BCUT2D eigenvalue weighted by Gasteiger charge is 2.13. The molecule has 134 valence electrons. The standard InChI is InChI=1S/C20H20N2O3S/c1-13-6-4-5-7-14(13)10-19(23)22-20-21-17(12-26-20)16-9-8-15(24-2)11-18(16)25-3/h4-9,11-12H,10H2,1-3H3,(H,21,22,23). The Morgan fingerprint density at radius 2 is 1.96 bits per heavy atom. The number of amides is 1. The van der Waals surface area contributed by atoms with Crippen LogP contribution >= 0.6 is 11.3 Å². The van der Waals surface area contributed by atoms with E-state index < -0.39 is 0 Å². The maximum Gasteiger partial charge on any atom is 0.230 e. The van der Waals surface area contributed by atoms with Gasteiger partial charge in [-0.1, -0.05) is 24.3 Å². The average Bonchev–Trinajstić information content (AvgIpc) is 3.11. The molecule has 5 nitrogen and oxygen atoms in total. The van der Waals surface area contributed by atoms with Crippen LogP contribution in [0.5, 0.6) is 11.5 Å². The lowest BCUT2D eigenvalue weighted by Crippen LogP contribution is -2.14. The fraction of sp³-hybridized carbons (Fsp3) is 0.200. The van der Waals surface area contributed by atoms with Gasteiger partial charge in [-0.25, -0.2) is 4.98 Å². The number of aryl methyl sites for hydroxylation is 1. The molecule has 0 aliphatic rings. The topological polar surface area (TPSA) is 60.5 Å². The molecule has 0 unspecified atom stereocenters. The van der Waals surface area contributed by atoms with Crippen molar-refractivity contribution >= 4 is 22.4 Å². The van der Waals surface area contributed by atoms with Crippen LogP contribution in [0.4, 0.5) is 5.13 Å². The molecule has 0 spiro atoms. The largest absolute Gasteiger partial charge is 0.497 e. The lowest BCUT2D eigenvalue weighted by molar-refractivity contribution is -0.115. The minimum atomic E-state index is -0.0816. The summed E-state index contributed by atoms with van der Waals surface area (Å²) in [6.45, 7) is 2.00. The third-order valence-corrected chi connectivity index (χ3v) is 4.81. The van der Waals surface area contributed by atoms with Gasteiger partial charge in [0.05, 0.1) is 26.3 Å². The highest BCUT2D eigenvalue weighted by molar-refractivity contribution is 7.14. The predicted molar refractivity (Wildman–Crippen MR) is 104 cm³/mol. The first-order valence-corrected chi connectivity index (χ1v) is 9.01. The molecule has 0 aliphatic carbocycles. The first kappa shape index (κ1) is 17.9. The Kier molecular flexibility index (Phi) is 5.53. The van der Waals surface area contributed by atoms with Gasteiger partial charge in [-0.05, 0) is 30.2 Å². The zero-order valence-electron chi connectivity index (χ0n) is 14.9. The Hall–Kier alpha value is -2.86. The normalized spacial score (nSPS) is 10.4. The summed E-state index contributed by atoms with van der Waals surface area (Å²) in [7, 11) is 3.22. The predicted octanol–water partition coefficient (Wildman–Crippen LogP) is 4.32. The summed E-state index contributed by atoms with van der Waals surface area (Å²) < 4.78 is 10.6. The molecule has 1 heterocycles. The summed E-state index contributed by atoms with van der Waals surface area (Å²) in [5, 5.41) is 5.33. The highest BCUT2D eigenvalue weighted by atomic mass is 32.1. The van der Waals surface area contributed by atoms with Gasteiger partial charge in [-0.2, -0.15) is 0 Å². The molecule has 3 aromatic rings. The van der Waals surface area contributed by atoms with E-state index in [0.29, 0.717) is 23.1 Å². The van der Waals surface area contributed by atoms with Crippen LogP contribution in [0.3, 0.4) is 0 Å². The summed E-state index contributed by atoms with van der Waals surface area (Å²) in [6.07, 6.45) is 0.327. The van der Waals surface area contributed by atoms with Gasteiger partial charge in [0.2, 0.25) is 5.91 Å². The smallest absolute Gasteiger partial charge is 0.230 e. The number of rotatable bonds is 6. The van der Waals surface area contributed by atoms with Gasteiger partial charge in [0, 0.05) is 17.0 Å². The van der Waals surface area contributed by atoms with Crippen LogP contribution in [0.2, 0.25) is 0 Å². The maximum absolute atomic E-state index is 12.3. The number of nitrogens with zero attached hydrogens (tertiary/aromatic N) is 1. The molecule has 1 N–H and O–H groups in total. The summed E-state index contributed by atoms with van der Waals surface area (Å²) in [5.74, 6) is 1.31. The van der Waals surface area contributed by atoms with Crippen LogP contribution in [0.25, 0.3) is 11.3 Å². The minimum absolute atomic E-state index is 0.0816. The van der Waals surface area contributed by atoms with E-state index in [0.717, 1.165) is 22.4 Å². The molecule has 0 radical (unpaired) electrons. The molecule has 0 saturated carbocycles. The molecule has 0 atom stereocenters. The van der Waals surface area contributed by atoms with E-state index in [2.05, 4.69) is 10.3 Å². The Bertz CT molecular complexity index is 921. The van der Waals surface area contributed by atoms with Gasteiger partial charge in [0.15, 0.2) is 5.13 Å². The van der Waals surface area contributed by atoms with Crippen LogP contribution < -0.4 is 14.8 Å². The summed E-state index contributed by atoms with van der Waals surface area (Å²) in [5.41, 5.74) is 3.72. The molecule has 6 heteroatoms. The summed E-state index contributed by atoms with van der Waals surface area (Å²) >= 11 is 1.39. The van der Waals surface area contributed by atoms with Gasteiger partial charge in [0.1, 0.15) is 11.5 Å². The Labute approximate surface area is 156 Å². The molecule has 26 heavy (non-hydrogen) atoms. The zero-order valence-corrected chi connectivity index (χ0v) is 15.7. The van der Waals surface area contributed by atoms with E-state index in [1.54, 1.807) is 14.2 Å². The lowest BCUT2D eigenvalue weighted by atomic mass is 10.1. The third-order valence-electron chi connectivity index (χ3n) is 4.05. The molecule has 0 bridgehead atoms. The number of methoxy groups -OCH3 is 2. The number of ether oxygens (including phenoxy) is 2. The molecular formula is C20H20N2O3S. The first-order valence-electron chi connectivity index (χ1n) is 8.13. The summed E-state index contributed by atoms with van der Waals surface area (Å²) in [4.78, 5) is 16.8. The second kappa shape index (κ2) is 8.01. The van der Waals surface area contributed by atoms with Crippen LogP contribution in [-0.2, 0) is 11.2 Å². The number of aromatic nitrogens is 1. The first-order chi connectivity index (χ1) is 12.6. The van der Waals surface area contributed by atoms with Crippen LogP contribution in [0.15, 0.2) is 47.8 Å².